The Morgan fingerprint density at radius 1 is 1.08 bits per heavy atom. The van der Waals surface area contributed by atoms with E-state index in [-0.39, 0.29) is 12.5 Å². The van der Waals surface area contributed by atoms with E-state index in [9.17, 15) is 9.59 Å². The zero-order valence-corrected chi connectivity index (χ0v) is 13.6. The SMILES string of the molecule is CC1(NC(=O)OCc2ccccc2)CN(Cc2ccccc2)C1=O. The van der Waals surface area contributed by atoms with Crippen molar-refractivity contribution in [2.24, 2.45) is 0 Å². The van der Waals surface area contributed by atoms with Crippen molar-refractivity contribution >= 4 is 12.0 Å². The fourth-order valence-electron chi connectivity index (χ4n) is 2.79. The Morgan fingerprint density at radius 2 is 1.67 bits per heavy atom. The maximum Gasteiger partial charge on any atom is 0.408 e. The summed E-state index contributed by atoms with van der Waals surface area (Å²) in [5.74, 6) is -0.0944. The highest BCUT2D eigenvalue weighted by atomic mass is 16.5. The van der Waals surface area contributed by atoms with Crippen molar-refractivity contribution in [2.75, 3.05) is 6.54 Å². The fraction of sp³-hybridized carbons (Fsp3) is 0.263. The molecule has 1 N–H and O–H groups in total. The van der Waals surface area contributed by atoms with E-state index >= 15 is 0 Å². The first-order valence-electron chi connectivity index (χ1n) is 7.89. The molecule has 1 heterocycles. The minimum Gasteiger partial charge on any atom is -0.445 e. The highest BCUT2D eigenvalue weighted by Gasteiger charge is 2.49. The van der Waals surface area contributed by atoms with Crippen LogP contribution in [-0.2, 0) is 22.7 Å². The van der Waals surface area contributed by atoms with Crippen molar-refractivity contribution in [1.82, 2.24) is 10.2 Å². The normalized spacial score (nSPS) is 19.5. The summed E-state index contributed by atoms with van der Waals surface area (Å²) in [7, 11) is 0. The number of benzene rings is 2. The summed E-state index contributed by atoms with van der Waals surface area (Å²) in [5, 5.41) is 2.68. The van der Waals surface area contributed by atoms with E-state index in [1.165, 1.54) is 0 Å². The zero-order valence-electron chi connectivity index (χ0n) is 13.6. The lowest BCUT2D eigenvalue weighted by atomic mass is 9.90. The van der Waals surface area contributed by atoms with E-state index < -0.39 is 11.6 Å². The molecule has 0 aliphatic carbocycles. The van der Waals surface area contributed by atoms with Crippen molar-refractivity contribution in [1.29, 1.82) is 0 Å². The summed E-state index contributed by atoms with van der Waals surface area (Å²) < 4.78 is 5.18. The molecule has 24 heavy (non-hydrogen) atoms. The Bertz CT molecular complexity index is 718. The molecule has 1 aliphatic rings. The number of carbonyl (C=O) groups excluding carboxylic acids is 2. The number of hydrogen-bond donors (Lipinski definition) is 1. The minimum absolute atomic E-state index is 0.0944. The number of rotatable bonds is 5. The van der Waals surface area contributed by atoms with E-state index in [0.717, 1.165) is 11.1 Å². The average Bonchev–Trinajstić information content (AvgIpc) is 2.61. The Morgan fingerprint density at radius 3 is 2.25 bits per heavy atom. The van der Waals surface area contributed by atoms with Crippen LogP contribution in [0.3, 0.4) is 0 Å². The molecule has 2 aromatic carbocycles. The molecule has 5 heteroatoms. The van der Waals surface area contributed by atoms with Crippen LogP contribution >= 0.6 is 0 Å². The number of likely N-dealkylation sites (tertiary alicyclic amines) is 1. The summed E-state index contributed by atoms with van der Waals surface area (Å²) in [4.78, 5) is 26.0. The Kier molecular flexibility index (Phi) is 4.51. The molecule has 1 saturated heterocycles. The van der Waals surface area contributed by atoms with Gasteiger partial charge < -0.3 is 15.0 Å². The van der Waals surface area contributed by atoms with Crippen LogP contribution in [0.4, 0.5) is 4.79 Å². The van der Waals surface area contributed by atoms with E-state index in [2.05, 4.69) is 5.32 Å². The van der Waals surface area contributed by atoms with Crippen molar-refractivity contribution in [2.45, 2.75) is 25.6 Å². The van der Waals surface area contributed by atoms with Gasteiger partial charge in [-0.15, -0.1) is 0 Å². The molecular formula is C19H20N2O3. The molecule has 2 amide bonds. The first-order chi connectivity index (χ1) is 11.6. The monoisotopic (exact) mass is 324 g/mol. The number of amides is 2. The van der Waals surface area contributed by atoms with E-state index in [0.29, 0.717) is 13.1 Å². The molecule has 0 spiro atoms. The van der Waals surface area contributed by atoms with Crippen LogP contribution in [0.1, 0.15) is 18.1 Å². The standard InChI is InChI=1S/C19H20N2O3/c1-19(20-18(23)24-13-16-10-6-3-7-11-16)14-21(17(19)22)12-15-8-4-2-5-9-15/h2-11H,12-14H2,1H3,(H,20,23). The van der Waals surface area contributed by atoms with Gasteiger partial charge in [-0.3, -0.25) is 4.79 Å². The van der Waals surface area contributed by atoms with Gasteiger partial charge in [-0.25, -0.2) is 4.79 Å². The highest BCUT2D eigenvalue weighted by molar-refractivity contribution is 5.95. The molecule has 0 bridgehead atoms. The van der Waals surface area contributed by atoms with Crippen LogP contribution in [0.15, 0.2) is 60.7 Å². The van der Waals surface area contributed by atoms with Crippen LogP contribution in [0.25, 0.3) is 0 Å². The van der Waals surface area contributed by atoms with E-state index in [1.54, 1.807) is 11.8 Å². The molecule has 0 aromatic heterocycles. The molecule has 0 radical (unpaired) electrons. The maximum atomic E-state index is 12.4. The van der Waals surface area contributed by atoms with E-state index in [4.69, 9.17) is 4.74 Å². The number of ether oxygens (including phenoxy) is 1. The van der Waals surface area contributed by atoms with Crippen LogP contribution < -0.4 is 5.32 Å². The minimum atomic E-state index is -0.886. The first-order valence-corrected chi connectivity index (χ1v) is 7.89. The molecule has 124 valence electrons. The smallest absolute Gasteiger partial charge is 0.408 e. The van der Waals surface area contributed by atoms with Gasteiger partial charge in [0.15, 0.2) is 0 Å². The Balaban J connectivity index is 1.49. The second-order valence-corrected chi connectivity index (χ2v) is 6.17. The van der Waals surface area contributed by atoms with Gasteiger partial charge in [-0.05, 0) is 18.1 Å². The van der Waals surface area contributed by atoms with Gasteiger partial charge in [0.2, 0.25) is 5.91 Å². The van der Waals surface area contributed by atoms with Crippen LogP contribution in [0, 0.1) is 0 Å². The largest absolute Gasteiger partial charge is 0.445 e. The van der Waals surface area contributed by atoms with Crippen molar-refractivity contribution in [3.8, 4) is 0 Å². The number of nitrogens with zero attached hydrogens (tertiary/aromatic N) is 1. The Labute approximate surface area is 141 Å². The number of carbonyl (C=O) groups is 2. The first kappa shape index (κ1) is 16.1. The molecule has 2 aromatic rings. The van der Waals surface area contributed by atoms with Crippen molar-refractivity contribution in [3.63, 3.8) is 0 Å². The lowest BCUT2D eigenvalue weighted by Gasteiger charge is -2.46. The van der Waals surface area contributed by atoms with Crippen LogP contribution in [0.2, 0.25) is 0 Å². The van der Waals surface area contributed by atoms with Crippen molar-refractivity contribution < 1.29 is 14.3 Å². The van der Waals surface area contributed by atoms with E-state index in [1.807, 2.05) is 60.7 Å². The lowest BCUT2D eigenvalue weighted by Crippen LogP contribution is -2.72. The number of hydrogen-bond acceptors (Lipinski definition) is 3. The van der Waals surface area contributed by atoms with Crippen LogP contribution in [-0.4, -0.2) is 29.0 Å². The maximum absolute atomic E-state index is 12.4. The van der Waals surface area contributed by atoms with Gasteiger partial charge in [0.05, 0.1) is 6.54 Å². The predicted octanol–water partition coefficient (Wildman–Crippen LogP) is 2.71. The molecule has 3 rings (SSSR count). The van der Waals surface area contributed by atoms with Gasteiger partial charge in [-0.2, -0.15) is 0 Å². The average molecular weight is 324 g/mol. The molecule has 1 aliphatic heterocycles. The Hall–Kier alpha value is -2.82. The fourth-order valence-corrected chi connectivity index (χ4v) is 2.79. The highest BCUT2D eigenvalue weighted by Crippen LogP contribution is 2.24. The van der Waals surface area contributed by atoms with Crippen molar-refractivity contribution in [3.05, 3.63) is 71.8 Å². The summed E-state index contributed by atoms with van der Waals surface area (Å²) in [6.45, 7) is 2.93. The molecule has 1 unspecified atom stereocenters. The summed E-state index contributed by atoms with van der Waals surface area (Å²) in [6.07, 6.45) is -0.575. The zero-order chi connectivity index (χ0) is 17.0. The molecule has 0 saturated carbocycles. The molecule has 1 atom stereocenters. The van der Waals surface area contributed by atoms with Gasteiger partial charge in [0, 0.05) is 6.54 Å². The number of nitrogens with one attached hydrogen (secondary N) is 1. The van der Waals surface area contributed by atoms with Gasteiger partial charge >= 0.3 is 6.09 Å². The second-order valence-electron chi connectivity index (χ2n) is 6.17. The predicted molar refractivity (Wildman–Crippen MR) is 90.0 cm³/mol. The lowest BCUT2D eigenvalue weighted by molar-refractivity contribution is -0.152. The number of alkyl carbamates (subject to hydrolysis) is 1. The van der Waals surface area contributed by atoms with Gasteiger partial charge in [0.1, 0.15) is 12.1 Å². The third-order valence-corrected chi connectivity index (χ3v) is 4.07. The molecular weight excluding hydrogens is 304 g/mol. The molecule has 1 fully saturated rings. The third-order valence-electron chi connectivity index (χ3n) is 4.07. The van der Waals surface area contributed by atoms with Gasteiger partial charge in [0.25, 0.3) is 0 Å². The number of β-lactam (4-membered cyclic amide) rings is 1. The van der Waals surface area contributed by atoms with Gasteiger partial charge in [-0.1, -0.05) is 60.7 Å². The van der Waals surface area contributed by atoms with Crippen LogP contribution in [0.5, 0.6) is 0 Å². The third kappa shape index (κ3) is 3.56. The topological polar surface area (TPSA) is 58.6 Å². The summed E-state index contributed by atoms with van der Waals surface area (Å²) in [6, 6.07) is 19.2. The quantitative estimate of drug-likeness (QED) is 0.860. The second kappa shape index (κ2) is 6.74. The summed E-state index contributed by atoms with van der Waals surface area (Å²) in [5.41, 5.74) is 1.09. The molecule has 5 nitrogen and oxygen atoms in total. The summed E-state index contributed by atoms with van der Waals surface area (Å²) >= 11 is 0.